The van der Waals surface area contributed by atoms with Crippen LogP contribution in [0.15, 0.2) is 54.9 Å². The van der Waals surface area contributed by atoms with Crippen molar-refractivity contribution in [2.75, 3.05) is 114 Å². The standard InChI is InChI=1S/C22H24N6O2.C20H26N6O2/c1-3-30-21-20-19(26-22(27-21)28-10-8-24-9-11-28)18-16(25-20)12-15(13-17(18)29-2)14-4-6-23-7-5-14;1-2-28-19-18-17(23-20(24-19)26-7-5-21-6-8-26)15-4-3-14(13-16(15)22-18)25-9-11-27-12-10-25/h4-7,12-13,24-25H,3,8-11H2,1-2H3;3-4,13,21-22H,2,5-12H2,1H3. The second kappa shape index (κ2) is 16.9. The maximum Gasteiger partial charge on any atom is 0.243 e. The van der Waals surface area contributed by atoms with Gasteiger partial charge in [-0.05, 0) is 67.4 Å². The van der Waals surface area contributed by atoms with Gasteiger partial charge >= 0.3 is 0 Å². The van der Waals surface area contributed by atoms with Gasteiger partial charge < -0.3 is 54.2 Å². The molecule has 16 nitrogen and oxygen atoms in total. The summed E-state index contributed by atoms with van der Waals surface area (Å²) in [5.41, 5.74) is 8.71. The fourth-order valence-corrected chi connectivity index (χ4v) is 7.91. The lowest BCUT2D eigenvalue weighted by Gasteiger charge is -2.28. The Morgan fingerprint density at radius 2 is 1.24 bits per heavy atom. The molecular formula is C42H50N12O4. The molecule has 7 aromatic rings. The van der Waals surface area contributed by atoms with E-state index in [1.807, 2.05) is 32.0 Å². The molecule has 3 aliphatic rings. The molecule has 5 aromatic heterocycles. The van der Waals surface area contributed by atoms with E-state index >= 15 is 0 Å². The third kappa shape index (κ3) is 7.45. The Morgan fingerprint density at radius 1 is 0.638 bits per heavy atom. The number of aromatic amines is 2. The Bertz CT molecular complexity index is 2510. The minimum Gasteiger partial charge on any atom is -0.496 e. The molecular weight excluding hydrogens is 737 g/mol. The average Bonchev–Trinajstić information content (AvgIpc) is 3.86. The van der Waals surface area contributed by atoms with Gasteiger partial charge in [0.15, 0.2) is 0 Å². The second-order valence-electron chi connectivity index (χ2n) is 14.4. The first-order valence-corrected chi connectivity index (χ1v) is 20.3. The van der Waals surface area contributed by atoms with Crippen molar-refractivity contribution in [3.8, 4) is 28.6 Å². The number of rotatable bonds is 9. The molecule has 302 valence electrons. The van der Waals surface area contributed by atoms with E-state index in [1.165, 1.54) is 5.69 Å². The van der Waals surface area contributed by atoms with Crippen molar-refractivity contribution in [1.82, 2.24) is 45.5 Å². The first-order chi connectivity index (χ1) is 28.6. The van der Waals surface area contributed by atoms with Crippen molar-refractivity contribution < 1.29 is 18.9 Å². The predicted octanol–water partition coefficient (Wildman–Crippen LogP) is 4.75. The maximum absolute atomic E-state index is 5.89. The first-order valence-electron chi connectivity index (χ1n) is 20.3. The molecule has 0 radical (unpaired) electrons. The molecule has 58 heavy (non-hydrogen) atoms. The molecule has 0 atom stereocenters. The van der Waals surface area contributed by atoms with Crippen LogP contribution in [-0.4, -0.2) is 134 Å². The fourth-order valence-electron chi connectivity index (χ4n) is 7.91. The largest absolute Gasteiger partial charge is 0.496 e. The van der Waals surface area contributed by atoms with Crippen LogP contribution in [0.5, 0.6) is 17.5 Å². The molecule has 16 heteroatoms. The molecule has 0 saturated carbocycles. The molecule has 10 rings (SSSR count). The molecule has 2 aromatic carbocycles. The van der Waals surface area contributed by atoms with E-state index in [-0.39, 0.29) is 0 Å². The number of ether oxygens (including phenoxy) is 4. The summed E-state index contributed by atoms with van der Waals surface area (Å²) in [5.74, 6) is 3.40. The molecule has 0 amide bonds. The minimum absolute atomic E-state index is 0.530. The smallest absolute Gasteiger partial charge is 0.243 e. The lowest BCUT2D eigenvalue weighted by Crippen LogP contribution is -2.44. The van der Waals surface area contributed by atoms with E-state index in [0.29, 0.717) is 30.9 Å². The Kier molecular flexibility index (Phi) is 10.9. The monoisotopic (exact) mass is 786 g/mol. The van der Waals surface area contributed by atoms with Crippen LogP contribution in [0.25, 0.3) is 55.0 Å². The number of piperazine rings is 2. The molecule has 0 unspecified atom stereocenters. The summed E-state index contributed by atoms with van der Waals surface area (Å²) in [5, 5.41) is 8.78. The van der Waals surface area contributed by atoms with Crippen LogP contribution in [0.3, 0.4) is 0 Å². The van der Waals surface area contributed by atoms with Crippen LogP contribution < -0.4 is 39.5 Å². The Balaban J connectivity index is 0.000000151. The lowest BCUT2D eigenvalue weighted by molar-refractivity contribution is 0.122. The Morgan fingerprint density at radius 3 is 1.86 bits per heavy atom. The number of nitrogens with one attached hydrogen (secondary N) is 4. The number of fused-ring (bicyclic) bond motifs is 6. The number of aromatic nitrogens is 7. The zero-order chi connectivity index (χ0) is 39.4. The van der Waals surface area contributed by atoms with Gasteiger partial charge in [0, 0.05) is 88.9 Å². The number of hydrogen-bond acceptors (Lipinski definition) is 14. The summed E-state index contributed by atoms with van der Waals surface area (Å²) in [6.45, 7) is 15.7. The quantitative estimate of drug-likeness (QED) is 0.158. The van der Waals surface area contributed by atoms with Crippen molar-refractivity contribution in [1.29, 1.82) is 0 Å². The molecule has 4 N–H and O–H groups in total. The lowest BCUT2D eigenvalue weighted by atomic mass is 10.0. The van der Waals surface area contributed by atoms with E-state index in [9.17, 15) is 0 Å². The van der Waals surface area contributed by atoms with Crippen molar-refractivity contribution in [2.45, 2.75) is 13.8 Å². The zero-order valence-corrected chi connectivity index (χ0v) is 33.3. The Hall–Kier alpha value is -5.97. The van der Waals surface area contributed by atoms with E-state index in [1.54, 1.807) is 19.5 Å². The summed E-state index contributed by atoms with van der Waals surface area (Å²) in [6, 6.07) is 14.6. The topological polar surface area (TPSA) is 167 Å². The second-order valence-corrected chi connectivity index (χ2v) is 14.4. The Labute approximate surface area is 336 Å². The third-order valence-electron chi connectivity index (χ3n) is 10.8. The van der Waals surface area contributed by atoms with Crippen molar-refractivity contribution >= 4 is 61.5 Å². The van der Waals surface area contributed by atoms with E-state index in [2.05, 4.69) is 64.6 Å². The van der Waals surface area contributed by atoms with Gasteiger partial charge in [-0.25, -0.2) is 9.97 Å². The minimum atomic E-state index is 0.530. The number of H-pyrrole nitrogens is 2. The van der Waals surface area contributed by atoms with Crippen molar-refractivity contribution in [3.05, 3.63) is 54.9 Å². The number of nitrogens with zero attached hydrogens (tertiary/aromatic N) is 8. The molecule has 8 heterocycles. The van der Waals surface area contributed by atoms with Crippen LogP contribution in [-0.2, 0) is 4.74 Å². The summed E-state index contributed by atoms with van der Waals surface area (Å²) >= 11 is 0. The third-order valence-corrected chi connectivity index (χ3v) is 10.8. The summed E-state index contributed by atoms with van der Waals surface area (Å²) < 4.78 is 23.0. The summed E-state index contributed by atoms with van der Waals surface area (Å²) in [4.78, 5) is 37.2. The molecule has 0 bridgehead atoms. The van der Waals surface area contributed by atoms with Gasteiger partial charge in [-0.3, -0.25) is 4.98 Å². The van der Waals surface area contributed by atoms with Crippen molar-refractivity contribution in [3.63, 3.8) is 0 Å². The SMILES string of the molecule is CCOc1nc(N2CCNCC2)nc2c1[nH]c1cc(-c3ccncc3)cc(OC)c12.CCOc1nc(N2CCNCC2)nc2c1[nH]c1cc(N3CCOCC3)ccc12. The molecule has 3 aliphatic heterocycles. The molecule has 3 fully saturated rings. The van der Waals surface area contributed by atoms with Crippen molar-refractivity contribution in [2.24, 2.45) is 0 Å². The van der Waals surface area contributed by atoms with E-state index < -0.39 is 0 Å². The number of hydrogen-bond donors (Lipinski definition) is 4. The van der Waals surface area contributed by atoms with Gasteiger partial charge in [0.25, 0.3) is 0 Å². The number of pyridine rings is 1. The molecule has 0 spiro atoms. The summed E-state index contributed by atoms with van der Waals surface area (Å²) in [6.07, 6.45) is 3.57. The molecule has 3 saturated heterocycles. The van der Waals surface area contributed by atoms with Crippen LogP contribution in [0, 0.1) is 0 Å². The van der Waals surface area contributed by atoms with E-state index in [0.717, 1.165) is 145 Å². The average molecular weight is 787 g/mol. The van der Waals surface area contributed by atoms with Gasteiger partial charge in [0.2, 0.25) is 23.7 Å². The van der Waals surface area contributed by atoms with Crippen LogP contribution in [0.1, 0.15) is 13.8 Å². The molecule has 0 aliphatic carbocycles. The number of benzene rings is 2. The number of morpholine rings is 1. The van der Waals surface area contributed by atoms with Gasteiger partial charge in [-0.2, -0.15) is 9.97 Å². The highest BCUT2D eigenvalue weighted by molar-refractivity contribution is 6.11. The highest BCUT2D eigenvalue weighted by atomic mass is 16.5. The zero-order valence-electron chi connectivity index (χ0n) is 33.3. The fraction of sp³-hybridized carbons (Fsp3) is 0.405. The predicted molar refractivity (Wildman–Crippen MR) is 228 cm³/mol. The van der Waals surface area contributed by atoms with Gasteiger partial charge in [0.05, 0.1) is 50.0 Å². The summed E-state index contributed by atoms with van der Waals surface area (Å²) in [7, 11) is 1.69. The van der Waals surface area contributed by atoms with Crippen LogP contribution >= 0.6 is 0 Å². The van der Waals surface area contributed by atoms with E-state index in [4.69, 9.17) is 38.9 Å². The maximum atomic E-state index is 5.89. The van der Waals surface area contributed by atoms with Crippen LogP contribution in [0.2, 0.25) is 0 Å². The van der Waals surface area contributed by atoms with Gasteiger partial charge in [-0.15, -0.1) is 0 Å². The normalized spacial score (nSPS) is 16.2. The van der Waals surface area contributed by atoms with Crippen LogP contribution in [0.4, 0.5) is 17.6 Å². The van der Waals surface area contributed by atoms with Gasteiger partial charge in [0.1, 0.15) is 27.8 Å². The highest BCUT2D eigenvalue weighted by Crippen LogP contribution is 2.39. The van der Waals surface area contributed by atoms with Gasteiger partial charge in [-0.1, -0.05) is 0 Å². The number of anilines is 3. The first kappa shape index (κ1) is 37.6. The number of methoxy groups -OCH3 is 1. The highest BCUT2D eigenvalue weighted by Gasteiger charge is 2.23.